The largest absolute Gasteiger partial charge is 0.352 e. The van der Waals surface area contributed by atoms with Gasteiger partial charge < -0.3 is 11.1 Å². The van der Waals surface area contributed by atoms with E-state index in [0.717, 1.165) is 18.9 Å². The molecule has 1 amide bonds. The number of sulfonamides is 1. The zero-order valence-electron chi connectivity index (χ0n) is 14.0. The van der Waals surface area contributed by atoms with Gasteiger partial charge in [0.2, 0.25) is 15.9 Å². The number of rotatable bonds is 6. The van der Waals surface area contributed by atoms with Crippen molar-refractivity contribution in [2.45, 2.75) is 36.6 Å². The van der Waals surface area contributed by atoms with Gasteiger partial charge in [0, 0.05) is 31.6 Å². The quantitative estimate of drug-likeness (QED) is 0.785. The molecule has 8 heteroatoms. The monoisotopic (exact) mass is 369 g/mol. The Morgan fingerprint density at radius 1 is 1.24 bits per heavy atom. The number of nitrogens with zero attached hydrogens (tertiary/aromatic N) is 1. The molecule has 1 aliphatic carbocycles. The SMILES string of the molecule is NCC(NC(=O)C1CCN(S(=O)(=O)c2ccccc2F)CC1)C1CC1. The summed E-state index contributed by atoms with van der Waals surface area (Å²) in [6, 6.07) is 5.38. The van der Waals surface area contributed by atoms with E-state index in [4.69, 9.17) is 5.73 Å². The summed E-state index contributed by atoms with van der Waals surface area (Å²) in [6.07, 6.45) is 3.06. The molecule has 3 N–H and O–H groups in total. The van der Waals surface area contributed by atoms with Gasteiger partial charge in [0.25, 0.3) is 0 Å². The van der Waals surface area contributed by atoms with Gasteiger partial charge in [-0.3, -0.25) is 4.79 Å². The Morgan fingerprint density at radius 2 is 1.88 bits per heavy atom. The molecule has 1 saturated heterocycles. The molecule has 1 heterocycles. The fraction of sp³-hybridized carbons (Fsp3) is 0.588. The third kappa shape index (κ3) is 4.02. The highest BCUT2D eigenvalue weighted by Gasteiger charge is 2.36. The molecule has 0 spiro atoms. The van der Waals surface area contributed by atoms with Gasteiger partial charge in [0.1, 0.15) is 10.7 Å². The third-order valence-electron chi connectivity index (χ3n) is 5.05. The second kappa shape index (κ2) is 7.39. The van der Waals surface area contributed by atoms with Crippen LogP contribution in [0, 0.1) is 17.7 Å². The highest BCUT2D eigenvalue weighted by molar-refractivity contribution is 7.89. The van der Waals surface area contributed by atoms with E-state index in [1.807, 2.05) is 0 Å². The molecule has 1 unspecified atom stereocenters. The number of hydrogen-bond acceptors (Lipinski definition) is 4. The van der Waals surface area contributed by atoms with Gasteiger partial charge in [0.05, 0.1) is 0 Å². The summed E-state index contributed by atoms with van der Waals surface area (Å²) in [5.41, 5.74) is 5.71. The van der Waals surface area contributed by atoms with E-state index in [-0.39, 0.29) is 35.9 Å². The number of nitrogens with one attached hydrogen (secondary N) is 1. The smallest absolute Gasteiger partial charge is 0.245 e. The van der Waals surface area contributed by atoms with Crippen molar-refractivity contribution in [3.63, 3.8) is 0 Å². The minimum absolute atomic E-state index is 0.0210. The van der Waals surface area contributed by atoms with Crippen molar-refractivity contribution in [3.8, 4) is 0 Å². The second-order valence-corrected chi connectivity index (χ2v) is 8.70. The van der Waals surface area contributed by atoms with Crippen molar-refractivity contribution in [2.75, 3.05) is 19.6 Å². The first-order valence-electron chi connectivity index (χ1n) is 8.68. The van der Waals surface area contributed by atoms with Crippen LogP contribution in [0.1, 0.15) is 25.7 Å². The van der Waals surface area contributed by atoms with E-state index in [9.17, 15) is 17.6 Å². The lowest BCUT2D eigenvalue weighted by atomic mass is 9.96. The fourth-order valence-corrected chi connectivity index (χ4v) is 4.85. The predicted octanol–water partition coefficient (Wildman–Crippen LogP) is 1.08. The lowest BCUT2D eigenvalue weighted by Crippen LogP contribution is -2.48. The summed E-state index contributed by atoms with van der Waals surface area (Å²) in [5, 5.41) is 3.00. The van der Waals surface area contributed by atoms with E-state index in [1.165, 1.54) is 22.5 Å². The van der Waals surface area contributed by atoms with E-state index in [1.54, 1.807) is 0 Å². The maximum atomic E-state index is 13.8. The topological polar surface area (TPSA) is 92.5 Å². The Morgan fingerprint density at radius 3 is 2.44 bits per heavy atom. The maximum absolute atomic E-state index is 13.8. The molecular weight excluding hydrogens is 345 g/mol. The van der Waals surface area contributed by atoms with Gasteiger partial charge in [0.15, 0.2) is 0 Å². The first-order chi connectivity index (χ1) is 11.9. The normalized spacial score (nSPS) is 21.0. The number of nitrogens with two attached hydrogens (primary N) is 1. The lowest BCUT2D eigenvalue weighted by molar-refractivity contribution is -0.126. The number of amides is 1. The Labute approximate surface area is 147 Å². The summed E-state index contributed by atoms with van der Waals surface area (Å²) >= 11 is 0. The molecule has 1 atom stereocenters. The molecule has 25 heavy (non-hydrogen) atoms. The molecule has 6 nitrogen and oxygen atoms in total. The molecule has 1 saturated carbocycles. The first kappa shape index (κ1) is 18.3. The van der Waals surface area contributed by atoms with Crippen LogP contribution in [0.3, 0.4) is 0 Å². The molecule has 2 aliphatic rings. The van der Waals surface area contributed by atoms with Crippen LogP contribution in [0.15, 0.2) is 29.2 Å². The Bertz CT molecular complexity index is 728. The van der Waals surface area contributed by atoms with Crippen LogP contribution in [0.4, 0.5) is 4.39 Å². The van der Waals surface area contributed by atoms with Crippen LogP contribution in [-0.2, 0) is 14.8 Å². The molecule has 0 bridgehead atoms. The Hall–Kier alpha value is -1.51. The van der Waals surface area contributed by atoms with Gasteiger partial charge in [-0.25, -0.2) is 12.8 Å². The molecule has 2 fully saturated rings. The van der Waals surface area contributed by atoms with Crippen molar-refractivity contribution < 1.29 is 17.6 Å². The zero-order chi connectivity index (χ0) is 18.0. The number of carbonyl (C=O) groups excluding carboxylic acids is 1. The fourth-order valence-electron chi connectivity index (χ4n) is 3.32. The highest BCUT2D eigenvalue weighted by Crippen LogP contribution is 2.32. The van der Waals surface area contributed by atoms with Crippen LogP contribution in [-0.4, -0.2) is 44.3 Å². The maximum Gasteiger partial charge on any atom is 0.245 e. The van der Waals surface area contributed by atoms with Crippen molar-refractivity contribution in [3.05, 3.63) is 30.1 Å². The van der Waals surface area contributed by atoms with Gasteiger partial charge in [-0.05, 0) is 43.7 Å². The first-order valence-corrected chi connectivity index (χ1v) is 10.1. The van der Waals surface area contributed by atoms with Gasteiger partial charge >= 0.3 is 0 Å². The summed E-state index contributed by atoms with van der Waals surface area (Å²) in [7, 11) is -3.87. The van der Waals surface area contributed by atoms with Gasteiger partial charge in [-0.15, -0.1) is 0 Å². The van der Waals surface area contributed by atoms with Crippen LogP contribution in [0.25, 0.3) is 0 Å². The molecule has 3 rings (SSSR count). The molecule has 138 valence electrons. The molecule has 1 aromatic carbocycles. The highest BCUT2D eigenvalue weighted by atomic mass is 32.2. The minimum Gasteiger partial charge on any atom is -0.352 e. The standard InChI is InChI=1S/C17H24FN3O3S/c18-14-3-1-2-4-16(14)25(23,24)21-9-7-13(8-10-21)17(22)20-15(11-19)12-5-6-12/h1-4,12-13,15H,5-11,19H2,(H,20,22). The Balaban J connectivity index is 1.59. The van der Waals surface area contributed by atoms with E-state index in [0.29, 0.717) is 25.3 Å². The predicted molar refractivity (Wildman–Crippen MR) is 91.6 cm³/mol. The van der Waals surface area contributed by atoms with E-state index >= 15 is 0 Å². The lowest BCUT2D eigenvalue weighted by Gasteiger charge is -2.31. The van der Waals surface area contributed by atoms with Crippen LogP contribution in [0.5, 0.6) is 0 Å². The molecule has 0 aromatic heterocycles. The third-order valence-corrected chi connectivity index (χ3v) is 6.98. The van der Waals surface area contributed by atoms with Crippen molar-refractivity contribution in [1.82, 2.24) is 9.62 Å². The van der Waals surface area contributed by atoms with Crippen molar-refractivity contribution in [2.24, 2.45) is 17.6 Å². The average molecular weight is 369 g/mol. The van der Waals surface area contributed by atoms with Crippen molar-refractivity contribution in [1.29, 1.82) is 0 Å². The number of benzene rings is 1. The molecular formula is C17H24FN3O3S. The summed E-state index contributed by atoms with van der Waals surface area (Å²) in [4.78, 5) is 12.1. The number of hydrogen-bond donors (Lipinski definition) is 2. The summed E-state index contributed by atoms with van der Waals surface area (Å²) in [6.45, 7) is 0.855. The number of halogens is 1. The van der Waals surface area contributed by atoms with Crippen molar-refractivity contribution >= 4 is 15.9 Å². The number of piperidine rings is 1. The van der Waals surface area contributed by atoms with Crippen LogP contribution < -0.4 is 11.1 Å². The van der Waals surface area contributed by atoms with Crippen LogP contribution >= 0.6 is 0 Å². The average Bonchev–Trinajstić information content (AvgIpc) is 3.45. The summed E-state index contributed by atoms with van der Waals surface area (Å²) in [5.74, 6) is -0.543. The number of carbonyl (C=O) groups is 1. The molecule has 0 radical (unpaired) electrons. The molecule has 1 aliphatic heterocycles. The van der Waals surface area contributed by atoms with E-state index in [2.05, 4.69) is 5.32 Å². The van der Waals surface area contributed by atoms with Gasteiger partial charge in [-0.2, -0.15) is 4.31 Å². The van der Waals surface area contributed by atoms with Crippen LogP contribution in [0.2, 0.25) is 0 Å². The minimum atomic E-state index is -3.87. The summed E-state index contributed by atoms with van der Waals surface area (Å²) < 4.78 is 40.2. The second-order valence-electron chi connectivity index (χ2n) is 6.80. The zero-order valence-corrected chi connectivity index (χ0v) is 14.8. The van der Waals surface area contributed by atoms with Gasteiger partial charge in [-0.1, -0.05) is 12.1 Å². The van der Waals surface area contributed by atoms with E-state index < -0.39 is 15.8 Å². The molecule has 1 aromatic rings. The Kier molecular flexibility index (Phi) is 5.41.